The summed E-state index contributed by atoms with van der Waals surface area (Å²) in [6.07, 6.45) is 0.653. The molecule has 3 aliphatic rings. The molecule has 54 heavy (non-hydrogen) atoms. The van der Waals surface area contributed by atoms with Gasteiger partial charge in [0.25, 0.3) is 5.91 Å². The molecule has 5 rings (SSSR count). The fourth-order valence-corrected chi connectivity index (χ4v) is 8.98. The number of benzene rings is 2. The van der Waals surface area contributed by atoms with Crippen LogP contribution in [0.25, 0.3) is 11.1 Å². The lowest BCUT2D eigenvalue weighted by atomic mass is 10.00. The minimum Gasteiger partial charge on any atom is -0.481 e. The van der Waals surface area contributed by atoms with E-state index in [4.69, 9.17) is 11.5 Å². The molecule has 0 radical (unpaired) electrons. The maximum atomic E-state index is 14.0. The van der Waals surface area contributed by atoms with E-state index in [-0.39, 0.29) is 49.8 Å². The molecule has 288 valence electrons. The standard InChI is InChI=1S/C35H42N8O9S2/c36-35(37)38-12-4-10-23(39-29(46)21-9-3-8-20-19-7-2-1-6-18(19)14-22(20)21)30(47)41-25-16-53-54-17-26(34(51)52)42-32(49)27-11-5-13-43(27)33(50)24(15-28(44)45)40-31(25)48/h1-3,6-9,23-27H,4-5,10-17H2,(H,39,46)(H,40,48)(H,41,47)(H,42,49)(H,44,45)(H,51,52)(H4,36,37,38)/t23-,24-,25-,26-,27-/m0/s1. The number of carboxylic acid groups (broad SMARTS) is 2. The van der Waals surface area contributed by atoms with E-state index in [0.717, 1.165) is 48.7 Å². The minimum absolute atomic E-state index is 0.0658. The number of nitrogens with one attached hydrogen (secondary N) is 4. The Bertz CT molecular complexity index is 1840. The van der Waals surface area contributed by atoms with E-state index >= 15 is 0 Å². The van der Waals surface area contributed by atoms with Gasteiger partial charge in [-0.2, -0.15) is 0 Å². The lowest BCUT2D eigenvalue weighted by Gasteiger charge is -2.30. The van der Waals surface area contributed by atoms with Crippen LogP contribution in [-0.2, 0) is 35.2 Å². The van der Waals surface area contributed by atoms with Crippen molar-refractivity contribution in [2.75, 3.05) is 24.6 Å². The fourth-order valence-electron chi connectivity index (χ4n) is 6.66. The average Bonchev–Trinajstić information content (AvgIpc) is 3.77. The van der Waals surface area contributed by atoms with Crippen LogP contribution in [0.4, 0.5) is 0 Å². The number of carboxylic acids is 2. The van der Waals surface area contributed by atoms with Gasteiger partial charge in [0.05, 0.1) is 6.42 Å². The van der Waals surface area contributed by atoms with E-state index in [9.17, 15) is 43.8 Å². The smallest absolute Gasteiger partial charge is 0.327 e. The van der Waals surface area contributed by atoms with Crippen LogP contribution in [0.15, 0.2) is 47.5 Å². The van der Waals surface area contributed by atoms with Crippen molar-refractivity contribution in [3.8, 4) is 11.1 Å². The van der Waals surface area contributed by atoms with E-state index in [1.807, 2.05) is 30.3 Å². The van der Waals surface area contributed by atoms with Gasteiger partial charge in [-0.1, -0.05) is 58.0 Å². The number of carbonyl (C=O) groups excluding carboxylic acids is 5. The monoisotopic (exact) mass is 782 g/mol. The van der Waals surface area contributed by atoms with Crippen molar-refractivity contribution in [1.82, 2.24) is 26.2 Å². The van der Waals surface area contributed by atoms with Gasteiger partial charge >= 0.3 is 11.9 Å². The zero-order chi connectivity index (χ0) is 38.9. The summed E-state index contributed by atoms with van der Waals surface area (Å²) in [5, 5.41) is 29.8. The van der Waals surface area contributed by atoms with Crippen LogP contribution in [0.1, 0.15) is 53.6 Å². The van der Waals surface area contributed by atoms with Crippen LogP contribution >= 0.6 is 21.6 Å². The molecule has 0 saturated carbocycles. The average molecular weight is 783 g/mol. The van der Waals surface area contributed by atoms with Crippen molar-refractivity contribution in [2.45, 2.75) is 68.7 Å². The number of amides is 5. The number of hydrogen-bond acceptors (Lipinski definition) is 10. The third kappa shape index (κ3) is 9.81. The van der Waals surface area contributed by atoms with Gasteiger partial charge in [-0.15, -0.1) is 0 Å². The second kappa shape index (κ2) is 18.2. The number of guanidine groups is 1. The summed E-state index contributed by atoms with van der Waals surface area (Å²) >= 11 is 0. The van der Waals surface area contributed by atoms with Crippen LogP contribution in [-0.4, -0.2) is 117 Å². The van der Waals surface area contributed by atoms with Crippen molar-refractivity contribution in [2.24, 2.45) is 16.5 Å². The second-order valence-electron chi connectivity index (χ2n) is 13.0. The summed E-state index contributed by atoms with van der Waals surface area (Å²) in [5.41, 5.74) is 15.1. The Kier molecular flexibility index (Phi) is 13.4. The van der Waals surface area contributed by atoms with Gasteiger partial charge in [-0.05, 0) is 60.4 Å². The molecular weight excluding hydrogens is 741 g/mol. The van der Waals surface area contributed by atoms with Gasteiger partial charge in [0.1, 0.15) is 30.2 Å². The summed E-state index contributed by atoms with van der Waals surface area (Å²) in [7, 11) is 2.07. The molecule has 1 aliphatic carbocycles. The zero-order valence-corrected chi connectivity index (χ0v) is 30.8. The van der Waals surface area contributed by atoms with Crippen molar-refractivity contribution in [1.29, 1.82) is 0 Å². The highest BCUT2D eigenvalue weighted by atomic mass is 33.1. The van der Waals surface area contributed by atoms with E-state index in [2.05, 4.69) is 26.3 Å². The summed E-state index contributed by atoms with van der Waals surface area (Å²) < 4.78 is 0. The maximum Gasteiger partial charge on any atom is 0.327 e. The molecule has 2 saturated heterocycles. The van der Waals surface area contributed by atoms with Gasteiger partial charge < -0.3 is 47.8 Å². The Morgan fingerprint density at radius 2 is 1.70 bits per heavy atom. The molecule has 2 aromatic carbocycles. The van der Waals surface area contributed by atoms with Gasteiger partial charge in [0, 0.05) is 30.2 Å². The molecule has 5 atom stereocenters. The fraction of sp³-hybridized carbons (Fsp3) is 0.429. The largest absolute Gasteiger partial charge is 0.481 e. The first-order valence-electron chi connectivity index (χ1n) is 17.3. The van der Waals surface area contributed by atoms with Crippen molar-refractivity contribution in [3.63, 3.8) is 0 Å². The number of aliphatic imine (C=N–C) groups is 1. The van der Waals surface area contributed by atoms with Gasteiger partial charge in [-0.3, -0.25) is 33.8 Å². The van der Waals surface area contributed by atoms with E-state index < -0.39 is 78.1 Å². The number of carbonyl (C=O) groups is 7. The molecule has 0 aromatic heterocycles. The summed E-state index contributed by atoms with van der Waals surface area (Å²) in [6.45, 7) is 0.232. The number of nitrogens with zero attached hydrogens (tertiary/aromatic N) is 2. The SMILES string of the molecule is NC(N)=NCCC[C@H](NC(=O)c1cccc2c1Cc1ccccc1-2)C(=O)N[C@H]1CSSC[C@@H](C(=O)O)NC(=O)[C@@H]2CCCN2C(=O)[C@H](CC(=O)O)NC1=O. The molecule has 2 fully saturated rings. The number of fused-ring (bicyclic) bond motifs is 4. The Hall–Kier alpha value is -5.30. The highest BCUT2D eigenvalue weighted by molar-refractivity contribution is 8.76. The van der Waals surface area contributed by atoms with Gasteiger partial charge in [-0.25, -0.2) is 4.79 Å². The van der Waals surface area contributed by atoms with Crippen LogP contribution in [0.5, 0.6) is 0 Å². The van der Waals surface area contributed by atoms with Crippen LogP contribution in [0, 0.1) is 0 Å². The quantitative estimate of drug-likeness (QED) is 0.0543. The predicted molar refractivity (Wildman–Crippen MR) is 201 cm³/mol. The van der Waals surface area contributed by atoms with Crippen LogP contribution in [0.3, 0.4) is 0 Å². The molecule has 17 nitrogen and oxygen atoms in total. The van der Waals surface area contributed by atoms with Crippen molar-refractivity contribution >= 4 is 69.0 Å². The summed E-state index contributed by atoms with van der Waals surface area (Å²) in [5.74, 6) is -6.78. The minimum atomic E-state index is -1.60. The summed E-state index contributed by atoms with van der Waals surface area (Å²) in [4.78, 5) is 97.3. The first kappa shape index (κ1) is 39.9. The number of hydrogen-bond donors (Lipinski definition) is 8. The third-order valence-electron chi connectivity index (χ3n) is 9.29. The van der Waals surface area contributed by atoms with Crippen molar-refractivity contribution < 1.29 is 43.8 Å². The molecule has 2 heterocycles. The van der Waals surface area contributed by atoms with E-state index in [1.54, 1.807) is 12.1 Å². The third-order valence-corrected chi connectivity index (χ3v) is 11.7. The molecule has 5 amide bonds. The van der Waals surface area contributed by atoms with Gasteiger partial charge in [0.2, 0.25) is 23.6 Å². The molecule has 2 aliphatic heterocycles. The topological polar surface area (TPSA) is 276 Å². The zero-order valence-electron chi connectivity index (χ0n) is 29.1. The highest BCUT2D eigenvalue weighted by Gasteiger charge is 2.41. The molecule has 2 aromatic rings. The molecule has 0 unspecified atom stereocenters. The molecule has 19 heteroatoms. The van der Waals surface area contributed by atoms with E-state index in [1.165, 1.54) is 0 Å². The first-order chi connectivity index (χ1) is 25.8. The second-order valence-corrected chi connectivity index (χ2v) is 15.6. The Morgan fingerprint density at radius 3 is 2.44 bits per heavy atom. The van der Waals surface area contributed by atoms with E-state index in [0.29, 0.717) is 18.4 Å². The Labute approximate surface area is 318 Å². The number of rotatable bonds is 11. The van der Waals surface area contributed by atoms with Crippen LogP contribution < -0.4 is 32.7 Å². The lowest BCUT2D eigenvalue weighted by molar-refractivity contribution is -0.147. The molecular formula is C35H42N8O9S2. The lowest BCUT2D eigenvalue weighted by Crippen LogP contribution is -2.59. The molecule has 0 bridgehead atoms. The van der Waals surface area contributed by atoms with Gasteiger partial charge in [0.15, 0.2) is 5.96 Å². The van der Waals surface area contributed by atoms with Crippen LogP contribution in [0.2, 0.25) is 0 Å². The highest BCUT2D eigenvalue weighted by Crippen LogP contribution is 2.38. The van der Waals surface area contributed by atoms with Crippen molar-refractivity contribution in [3.05, 3.63) is 59.2 Å². The number of aliphatic carboxylic acids is 2. The maximum absolute atomic E-state index is 14.0. The number of nitrogens with two attached hydrogens (primary N) is 2. The summed E-state index contributed by atoms with van der Waals surface area (Å²) in [6, 6.07) is 6.63. The molecule has 0 spiro atoms. The predicted octanol–water partition coefficient (Wildman–Crippen LogP) is -0.190. The first-order valence-corrected chi connectivity index (χ1v) is 19.8. The normalized spacial score (nSPS) is 21.9. The molecule has 10 N–H and O–H groups in total. The Morgan fingerprint density at radius 1 is 0.963 bits per heavy atom. The Balaban J connectivity index is 1.39.